The molecule has 130 valence electrons. The summed E-state index contributed by atoms with van der Waals surface area (Å²) in [5, 5.41) is 15.3. The average Bonchev–Trinajstić information content (AvgIpc) is 3.17. The summed E-state index contributed by atoms with van der Waals surface area (Å²) < 4.78 is 0. The molecule has 0 fully saturated rings. The van der Waals surface area contributed by atoms with Gasteiger partial charge in [-0.1, -0.05) is 12.1 Å². The molecule has 1 atom stereocenters. The minimum atomic E-state index is -0.155. The van der Waals surface area contributed by atoms with Crippen LogP contribution >= 0.6 is 11.3 Å². The molecule has 5 nitrogen and oxygen atoms in total. The molecule has 0 bridgehead atoms. The van der Waals surface area contributed by atoms with E-state index in [1.165, 1.54) is 11.3 Å². The molecule has 1 unspecified atom stereocenters. The molecule has 2 rings (SSSR count). The summed E-state index contributed by atoms with van der Waals surface area (Å²) in [4.78, 5) is 26.2. The number of rotatable bonds is 7. The van der Waals surface area contributed by atoms with E-state index in [9.17, 15) is 9.59 Å². The van der Waals surface area contributed by atoms with Crippen molar-refractivity contribution >= 4 is 23.2 Å². The maximum absolute atomic E-state index is 12.5. The van der Waals surface area contributed by atoms with Gasteiger partial charge in [-0.25, -0.2) is 0 Å². The topological polar surface area (TPSA) is 73.2 Å². The molecule has 0 spiro atoms. The Labute approximate surface area is 151 Å². The highest BCUT2D eigenvalue weighted by molar-refractivity contribution is 7.08. The van der Waals surface area contributed by atoms with E-state index < -0.39 is 0 Å². The van der Waals surface area contributed by atoms with Crippen molar-refractivity contribution in [1.29, 1.82) is 5.26 Å². The van der Waals surface area contributed by atoms with Crippen molar-refractivity contribution in [3.63, 3.8) is 0 Å². The lowest BCUT2D eigenvalue weighted by molar-refractivity contribution is -0.133. The van der Waals surface area contributed by atoms with Crippen molar-refractivity contribution in [3.8, 4) is 6.07 Å². The third-order valence-electron chi connectivity index (χ3n) is 4.06. The molecule has 0 saturated carbocycles. The van der Waals surface area contributed by atoms with Gasteiger partial charge in [0.05, 0.1) is 17.7 Å². The van der Waals surface area contributed by atoms with Gasteiger partial charge in [-0.2, -0.15) is 16.6 Å². The number of nitrogens with zero attached hydrogens (tertiary/aromatic N) is 2. The second-order valence-corrected chi connectivity index (χ2v) is 6.39. The average molecular weight is 355 g/mol. The predicted octanol–water partition coefficient (Wildman–Crippen LogP) is 3.35. The minimum absolute atomic E-state index is 0.00928. The largest absolute Gasteiger partial charge is 0.351 e. The molecule has 2 amide bonds. The summed E-state index contributed by atoms with van der Waals surface area (Å²) in [6, 6.07) is 11.0. The molecule has 2 aromatic rings. The molecule has 0 aliphatic carbocycles. The molecule has 6 heteroatoms. The number of carbonyl (C=O) groups is 2. The number of nitrogens with one attached hydrogen (secondary N) is 1. The Kier molecular flexibility index (Phi) is 6.72. The van der Waals surface area contributed by atoms with Gasteiger partial charge in [0, 0.05) is 30.5 Å². The highest BCUT2D eigenvalue weighted by Crippen LogP contribution is 2.21. The number of benzene rings is 1. The van der Waals surface area contributed by atoms with E-state index in [1.54, 1.807) is 28.5 Å². The maximum Gasteiger partial charge on any atom is 0.252 e. The van der Waals surface area contributed by atoms with Crippen molar-refractivity contribution in [3.05, 3.63) is 57.8 Å². The van der Waals surface area contributed by atoms with Crippen molar-refractivity contribution in [2.75, 3.05) is 13.1 Å². The van der Waals surface area contributed by atoms with Gasteiger partial charge in [-0.15, -0.1) is 0 Å². The summed E-state index contributed by atoms with van der Waals surface area (Å²) in [5.41, 5.74) is 2.20. The first kappa shape index (κ1) is 18.7. The van der Waals surface area contributed by atoms with Crippen LogP contribution in [0.3, 0.4) is 0 Å². The summed E-state index contributed by atoms with van der Waals surface area (Å²) in [7, 11) is 0. The zero-order chi connectivity index (χ0) is 18.2. The van der Waals surface area contributed by atoms with Crippen LogP contribution in [0.1, 0.15) is 47.8 Å². The smallest absolute Gasteiger partial charge is 0.252 e. The van der Waals surface area contributed by atoms with Gasteiger partial charge in [-0.05, 0) is 43.0 Å². The Balaban J connectivity index is 1.91. The van der Waals surface area contributed by atoms with Crippen LogP contribution in [-0.4, -0.2) is 29.8 Å². The molecule has 1 aromatic carbocycles. The number of thiophene rings is 1. The highest BCUT2D eigenvalue weighted by Gasteiger charge is 2.20. The molecule has 0 radical (unpaired) electrons. The Hall–Kier alpha value is -2.65. The van der Waals surface area contributed by atoms with E-state index >= 15 is 0 Å². The zero-order valence-corrected chi connectivity index (χ0v) is 15.2. The molecular formula is C19H21N3O2S. The molecule has 0 aliphatic heterocycles. The van der Waals surface area contributed by atoms with Crippen LogP contribution in [-0.2, 0) is 4.79 Å². The van der Waals surface area contributed by atoms with Crippen LogP contribution in [0, 0.1) is 11.3 Å². The molecule has 0 saturated heterocycles. The number of hydrogen-bond acceptors (Lipinski definition) is 4. The van der Waals surface area contributed by atoms with Crippen molar-refractivity contribution in [1.82, 2.24) is 10.2 Å². The normalized spacial score (nSPS) is 11.4. The molecule has 0 aliphatic rings. The van der Waals surface area contributed by atoms with Crippen LogP contribution in [0.15, 0.2) is 41.1 Å². The number of nitriles is 1. The number of amides is 2. The van der Waals surface area contributed by atoms with E-state index in [2.05, 4.69) is 11.4 Å². The lowest BCUT2D eigenvalue weighted by atomic mass is 10.0. The lowest BCUT2D eigenvalue weighted by Gasteiger charge is -2.28. The molecule has 1 aromatic heterocycles. The van der Waals surface area contributed by atoms with Gasteiger partial charge in [0.2, 0.25) is 5.91 Å². The van der Waals surface area contributed by atoms with Gasteiger partial charge >= 0.3 is 0 Å². The lowest BCUT2D eigenvalue weighted by Crippen LogP contribution is -2.36. The van der Waals surface area contributed by atoms with Crippen molar-refractivity contribution in [2.45, 2.75) is 26.3 Å². The Morgan fingerprint density at radius 3 is 2.56 bits per heavy atom. The van der Waals surface area contributed by atoms with Crippen LogP contribution in [0.2, 0.25) is 0 Å². The van der Waals surface area contributed by atoms with Crippen LogP contribution in [0.4, 0.5) is 0 Å². The first-order chi connectivity index (χ1) is 12.1. The third-order valence-corrected chi connectivity index (χ3v) is 4.74. The second-order valence-electron chi connectivity index (χ2n) is 5.61. The van der Waals surface area contributed by atoms with E-state index in [0.717, 1.165) is 5.56 Å². The van der Waals surface area contributed by atoms with Crippen LogP contribution in [0.25, 0.3) is 0 Å². The monoisotopic (exact) mass is 355 g/mol. The Bertz CT molecular complexity index is 748. The fourth-order valence-corrected chi connectivity index (χ4v) is 3.24. The number of hydrogen-bond donors (Lipinski definition) is 1. The Morgan fingerprint density at radius 2 is 2.00 bits per heavy atom. The molecule has 1 heterocycles. The summed E-state index contributed by atoms with van der Waals surface area (Å²) in [6.45, 7) is 4.79. The van der Waals surface area contributed by atoms with E-state index in [4.69, 9.17) is 5.26 Å². The number of carbonyl (C=O) groups excluding carboxylic acids is 2. The standard InChI is InChI=1S/C19H21N3O2S/c1-3-22(14(2)16-6-4-15(12-20)5-7-16)18(23)8-10-21-19(24)17-9-11-25-13-17/h4-7,9,11,13-14H,3,8,10H2,1-2H3,(H,21,24). The van der Waals surface area contributed by atoms with E-state index in [-0.39, 0.29) is 24.3 Å². The Morgan fingerprint density at radius 1 is 1.28 bits per heavy atom. The summed E-state index contributed by atoms with van der Waals surface area (Å²) in [6.07, 6.45) is 0.254. The first-order valence-corrected chi connectivity index (χ1v) is 9.11. The zero-order valence-electron chi connectivity index (χ0n) is 14.4. The predicted molar refractivity (Wildman–Crippen MR) is 98.2 cm³/mol. The summed E-state index contributed by atoms with van der Waals surface area (Å²) >= 11 is 1.46. The second kappa shape index (κ2) is 9.00. The maximum atomic E-state index is 12.5. The van der Waals surface area contributed by atoms with Crippen molar-refractivity contribution in [2.24, 2.45) is 0 Å². The van der Waals surface area contributed by atoms with Gasteiger partial charge < -0.3 is 10.2 Å². The van der Waals surface area contributed by atoms with E-state index in [0.29, 0.717) is 24.2 Å². The van der Waals surface area contributed by atoms with E-state index in [1.807, 2.05) is 31.4 Å². The molecule has 25 heavy (non-hydrogen) atoms. The quantitative estimate of drug-likeness (QED) is 0.828. The van der Waals surface area contributed by atoms with Crippen LogP contribution < -0.4 is 5.32 Å². The molecular weight excluding hydrogens is 334 g/mol. The minimum Gasteiger partial charge on any atom is -0.351 e. The van der Waals surface area contributed by atoms with Gasteiger partial charge in [0.25, 0.3) is 5.91 Å². The highest BCUT2D eigenvalue weighted by atomic mass is 32.1. The van der Waals surface area contributed by atoms with Crippen LogP contribution in [0.5, 0.6) is 0 Å². The fourth-order valence-electron chi connectivity index (χ4n) is 2.60. The SMILES string of the molecule is CCN(C(=O)CCNC(=O)c1ccsc1)C(C)c1ccc(C#N)cc1. The van der Waals surface area contributed by atoms with Gasteiger partial charge in [0.15, 0.2) is 0 Å². The fraction of sp³-hybridized carbons (Fsp3) is 0.316. The molecule has 1 N–H and O–H groups in total. The van der Waals surface area contributed by atoms with Gasteiger partial charge in [-0.3, -0.25) is 9.59 Å². The summed E-state index contributed by atoms with van der Waals surface area (Å²) in [5.74, 6) is -0.165. The third kappa shape index (κ3) is 4.91. The van der Waals surface area contributed by atoms with Gasteiger partial charge in [0.1, 0.15) is 0 Å². The first-order valence-electron chi connectivity index (χ1n) is 8.16. The van der Waals surface area contributed by atoms with Crippen molar-refractivity contribution < 1.29 is 9.59 Å².